The summed E-state index contributed by atoms with van der Waals surface area (Å²) >= 11 is 1.46. The number of benzene rings is 1. The highest BCUT2D eigenvalue weighted by molar-refractivity contribution is 7.90. The van der Waals surface area contributed by atoms with Crippen LogP contribution in [0.2, 0.25) is 0 Å². The fourth-order valence-electron chi connectivity index (χ4n) is 4.32. The van der Waals surface area contributed by atoms with Crippen LogP contribution in [0.1, 0.15) is 29.7 Å². The Balaban J connectivity index is 1.65. The molecule has 0 bridgehead atoms. The van der Waals surface area contributed by atoms with Crippen molar-refractivity contribution in [2.24, 2.45) is 11.8 Å². The average molecular weight is 421 g/mol. The number of ether oxygens (including phenoxy) is 1. The Morgan fingerprint density at radius 1 is 1.25 bits per heavy atom. The monoisotopic (exact) mass is 420 g/mol. The van der Waals surface area contributed by atoms with Crippen molar-refractivity contribution in [3.8, 4) is 0 Å². The van der Waals surface area contributed by atoms with Crippen LogP contribution in [0.5, 0.6) is 0 Å². The summed E-state index contributed by atoms with van der Waals surface area (Å²) in [6, 6.07) is 6.80. The molecule has 28 heavy (non-hydrogen) atoms. The maximum Gasteiger partial charge on any atom is 0.237 e. The predicted molar refractivity (Wildman–Crippen MR) is 108 cm³/mol. The lowest BCUT2D eigenvalue weighted by molar-refractivity contribution is -0.119. The second-order valence-corrected chi connectivity index (χ2v) is 11.0. The number of nitrogens with zero attached hydrogens (tertiary/aromatic N) is 1. The number of aryl methyl sites for hydroxylation is 1. The van der Waals surface area contributed by atoms with E-state index in [4.69, 9.17) is 4.74 Å². The molecule has 2 aromatic rings. The standard InChI is InChI=1S/C20H24N2O4S2/c1-13-12-21-19(27-13)22-18(23)20(11-17(20)14-7-9-26-10-8-14)15-3-5-16(6-4-15)28(2,24)25/h3-6,12,14,17H,7-11H2,1-2H3,(H,21,22,23). The zero-order chi connectivity index (χ0) is 19.9. The van der Waals surface area contributed by atoms with E-state index in [-0.39, 0.29) is 16.7 Å². The highest BCUT2D eigenvalue weighted by Crippen LogP contribution is 2.60. The van der Waals surface area contributed by atoms with Crippen LogP contribution in [0, 0.1) is 18.8 Å². The van der Waals surface area contributed by atoms with Crippen LogP contribution >= 0.6 is 11.3 Å². The van der Waals surface area contributed by atoms with Gasteiger partial charge in [0.15, 0.2) is 15.0 Å². The van der Waals surface area contributed by atoms with E-state index in [9.17, 15) is 13.2 Å². The number of amides is 1. The fraction of sp³-hybridized carbons (Fsp3) is 0.500. The maximum absolute atomic E-state index is 13.3. The first kappa shape index (κ1) is 19.5. The number of aromatic nitrogens is 1. The lowest BCUT2D eigenvalue weighted by atomic mass is 9.84. The average Bonchev–Trinajstić information content (AvgIpc) is 3.32. The van der Waals surface area contributed by atoms with E-state index in [1.165, 1.54) is 17.6 Å². The van der Waals surface area contributed by atoms with Crippen LogP contribution < -0.4 is 5.32 Å². The smallest absolute Gasteiger partial charge is 0.237 e. The number of thiazole rings is 1. The third-order valence-corrected chi connectivity index (χ3v) is 7.85. The van der Waals surface area contributed by atoms with Crippen molar-refractivity contribution in [1.82, 2.24) is 4.98 Å². The summed E-state index contributed by atoms with van der Waals surface area (Å²) in [6.45, 7) is 3.42. The maximum atomic E-state index is 13.3. The van der Waals surface area contributed by atoms with Crippen molar-refractivity contribution in [3.05, 3.63) is 40.9 Å². The van der Waals surface area contributed by atoms with E-state index < -0.39 is 15.3 Å². The van der Waals surface area contributed by atoms with Gasteiger partial charge in [0.25, 0.3) is 0 Å². The SMILES string of the molecule is Cc1cnc(NC(=O)C2(c3ccc(S(C)(=O)=O)cc3)CC2C2CCOCC2)s1. The van der Waals surface area contributed by atoms with Crippen LogP contribution in [-0.4, -0.2) is 38.8 Å². The van der Waals surface area contributed by atoms with Gasteiger partial charge in [-0.3, -0.25) is 4.79 Å². The molecule has 150 valence electrons. The van der Waals surface area contributed by atoms with E-state index in [0.29, 0.717) is 11.0 Å². The number of hydrogen-bond donors (Lipinski definition) is 1. The van der Waals surface area contributed by atoms with Crippen molar-refractivity contribution in [1.29, 1.82) is 0 Å². The molecule has 1 N–H and O–H groups in total. The highest BCUT2D eigenvalue weighted by atomic mass is 32.2. The minimum absolute atomic E-state index is 0.0505. The summed E-state index contributed by atoms with van der Waals surface area (Å²) in [5, 5.41) is 3.60. The summed E-state index contributed by atoms with van der Waals surface area (Å²) in [4.78, 5) is 18.9. The summed E-state index contributed by atoms with van der Waals surface area (Å²) in [7, 11) is -3.27. The Morgan fingerprint density at radius 2 is 1.93 bits per heavy atom. The predicted octanol–water partition coefficient (Wildman–Crippen LogP) is 3.18. The summed E-state index contributed by atoms with van der Waals surface area (Å²) < 4.78 is 29.1. The van der Waals surface area contributed by atoms with Gasteiger partial charge in [-0.2, -0.15) is 0 Å². The Labute approximate surface area is 169 Å². The molecule has 2 fully saturated rings. The lowest BCUT2D eigenvalue weighted by Crippen LogP contribution is -2.32. The van der Waals surface area contributed by atoms with Crippen LogP contribution in [0.3, 0.4) is 0 Å². The molecular formula is C20H24N2O4S2. The Kier molecular flexibility index (Phi) is 5.05. The molecule has 2 unspecified atom stereocenters. The molecule has 6 nitrogen and oxygen atoms in total. The van der Waals surface area contributed by atoms with Gasteiger partial charge in [-0.25, -0.2) is 13.4 Å². The Bertz CT molecular complexity index is 978. The first-order valence-corrected chi connectivity index (χ1v) is 12.1. The van der Waals surface area contributed by atoms with Gasteiger partial charge in [-0.05, 0) is 55.7 Å². The molecule has 0 spiro atoms. The molecule has 0 radical (unpaired) electrons. The van der Waals surface area contributed by atoms with Crippen LogP contribution in [0.4, 0.5) is 5.13 Å². The second kappa shape index (κ2) is 7.24. The number of sulfone groups is 1. The third kappa shape index (κ3) is 3.60. The summed E-state index contributed by atoms with van der Waals surface area (Å²) in [6.07, 6.45) is 5.62. The number of carbonyl (C=O) groups is 1. The number of carbonyl (C=O) groups excluding carboxylic acids is 1. The van der Waals surface area contributed by atoms with E-state index >= 15 is 0 Å². The summed E-state index contributed by atoms with van der Waals surface area (Å²) in [5.41, 5.74) is 0.250. The van der Waals surface area contributed by atoms with Crippen LogP contribution in [0.25, 0.3) is 0 Å². The molecule has 1 amide bonds. The van der Waals surface area contributed by atoms with Crippen LogP contribution in [-0.2, 0) is 24.8 Å². The molecule has 2 aliphatic rings. The van der Waals surface area contributed by atoms with E-state index in [0.717, 1.165) is 42.9 Å². The quantitative estimate of drug-likeness (QED) is 0.803. The molecule has 2 heterocycles. The fourth-order valence-corrected chi connectivity index (χ4v) is 5.61. The molecule has 8 heteroatoms. The van der Waals surface area contributed by atoms with Crippen molar-refractivity contribution < 1.29 is 17.9 Å². The van der Waals surface area contributed by atoms with Gasteiger partial charge in [0, 0.05) is 30.5 Å². The minimum atomic E-state index is -3.27. The zero-order valence-corrected chi connectivity index (χ0v) is 17.6. The number of anilines is 1. The Morgan fingerprint density at radius 3 is 2.50 bits per heavy atom. The van der Waals surface area contributed by atoms with Gasteiger partial charge >= 0.3 is 0 Å². The first-order valence-electron chi connectivity index (χ1n) is 9.43. The first-order chi connectivity index (χ1) is 13.3. The molecule has 1 aromatic heterocycles. The molecule has 1 aliphatic carbocycles. The van der Waals surface area contributed by atoms with Gasteiger partial charge in [0.1, 0.15) is 0 Å². The van der Waals surface area contributed by atoms with E-state index in [2.05, 4.69) is 10.3 Å². The van der Waals surface area contributed by atoms with Crippen molar-refractivity contribution >= 4 is 32.2 Å². The molecular weight excluding hydrogens is 396 g/mol. The largest absolute Gasteiger partial charge is 0.381 e. The van der Waals surface area contributed by atoms with Crippen LogP contribution in [0.15, 0.2) is 35.4 Å². The molecule has 1 saturated carbocycles. The molecule has 1 aromatic carbocycles. The molecule has 1 saturated heterocycles. The molecule has 1 aliphatic heterocycles. The van der Waals surface area contributed by atoms with Crippen molar-refractivity contribution in [2.75, 3.05) is 24.8 Å². The number of rotatable bonds is 5. The molecule has 4 rings (SSSR count). The van der Waals surface area contributed by atoms with Gasteiger partial charge in [-0.1, -0.05) is 12.1 Å². The van der Waals surface area contributed by atoms with Gasteiger partial charge in [-0.15, -0.1) is 11.3 Å². The third-order valence-electron chi connectivity index (χ3n) is 5.89. The van der Waals surface area contributed by atoms with Gasteiger partial charge < -0.3 is 10.1 Å². The topological polar surface area (TPSA) is 85.4 Å². The highest BCUT2D eigenvalue weighted by Gasteiger charge is 2.63. The second-order valence-electron chi connectivity index (χ2n) is 7.76. The van der Waals surface area contributed by atoms with Crippen molar-refractivity contribution in [2.45, 2.75) is 36.5 Å². The van der Waals surface area contributed by atoms with E-state index in [1.54, 1.807) is 30.5 Å². The Hall–Kier alpha value is -1.77. The lowest BCUT2D eigenvalue weighted by Gasteiger charge is -2.26. The van der Waals surface area contributed by atoms with Gasteiger partial charge in [0.2, 0.25) is 5.91 Å². The zero-order valence-electron chi connectivity index (χ0n) is 16.0. The van der Waals surface area contributed by atoms with E-state index in [1.807, 2.05) is 6.92 Å². The summed E-state index contributed by atoms with van der Waals surface area (Å²) in [5.74, 6) is 0.624. The number of hydrogen-bond acceptors (Lipinski definition) is 6. The normalized spacial score (nSPS) is 25.4. The van der Waals surface area contributed by atoms with Gasteiger partial charge in [0.05, 0.1) is 10.3 Å². The minimum Gasteiger partial charge on any atom is -0.381 e. The number of nitrogens with one attached hydrogen (secondary N) is 1. The molecule has 2 atom stereocenters. The van der Waals surface area contributed by atoms with Crippen molar-refractivity contribution in [3.63, 3.8) is 0 Å².